The van der Waals surface area contributed by atoms with Crippen LogP contribution in [0.15, 0.2) is 12.7 Å². The van der Waals surface area contributed by atoms with Crippen molar-refractivity contribution in [3.8, 4) is 0 Å². The number of carbonyl (C=O) groups excluding carboxylic acids is 1. The van der Waals surface area contributed by atoms with Gasteiger partial charge in [0.15, 0.2) is 0 Å². The van der Waals surface area contributed by atoms with Crippen molar-refractivity contribution >= 4 is 18.6 Å². The normalized spacial score (nSPS) is 12.2. The average molecular weight is 188 g/mol. The molecule has 0 aromatic rings. The van der Waals surface area contributed by atoms with Crippen LogP contribution in [-0.4, -0.2) is 17.8 Å². The fourth-order valence-electron chi connectivity index (χ4n) is 0.755. The lowest BCUT2D eigenvalue weighted by molar-refractivity contribution is -0.137. The van der Waals surface area contributed by atoms with Crippen LogP contribution in [0.5, 0.6) is 0 Å². The third-order valence-electron chi connectivity index (χ3n) is 1.56. The molecule has 0 aromatic heterocycles. The molecule has 1 unspecified atom stereocenters. The summed E-state index contributed by atoms with van der Waals surface area (Å²) < 4.78 is 4.80. The predicted octanol–water partition coefficient (Wildman–Crippen LogP) is 2.20. The number of hydrogen-bond acceptors (Lipinski definition) is 3. The molecule has 70 valence electrons. The summed E-state index contributed by atoms with van der Waals surface area (Å²) in [4.78, 5) is 10.6. The summed E-state index contributed by atoms with van der Waals surface area (Å²) in [5, 5.41) is 0.424. The molecule has 0 aliphatic heterocycles. The van der Waals surface area contributed by atoms with Crippen molar-refractivity contribution in [1.29, 1.82) is 0 Å². The molecular formula is C9H16O2S. The van der Waals surface area contributed by atoms with E-state index < -0.39 is 0 Å². The van der Waals surface area contributed by atoms with E-state index >= 15 is 0 Å². The average Bonchev–Trinajstić information content (AvgIpc) is 2.11. The minimum Gasteiger partial charge on any atom is -0.463 e. The lowest BCUT2D eigenvalue weighted by Crippen LogP contribution is -2.04. The second-order valence-corrected chi connectivity index (χ2v) is 3.31. The summed E-state index contributed by atoms with van der Waals surface area (Å²) >= 11 is 4.32. The molecule has 0 amide bonds. The number of carbonyl (C=O) groups is 1. The number of ether oxygens (including phenoxy) is 1. The summed E-state index contributed by atoms with van der Waals surface area (Å²) in [5.41, 5.74) is 0. The van der Waals surface area contributed by atoms with E-state index in [9.17, 15) is 4.79 Å². The first-order chi connectivity index (χ1) is 5.70. The van der Waals surface area contributed by atoms with Gasteiger partial charge in [-0.1, -0.05) is 13.5 Å². The quantitative estimate of drug-likeness (QED) is 0.299. The summed E-state index contributed by atoms with van der Waals surface area (Å²) in [6, 6.07) is 0. The zero-order chi connectivity index (χ0) is 9.40. The predicted molar refractivity (Wildman–Crippen MR) is 53.5 cm³/mol. The molecule has 0 saturated heterocycles. The van der Waals surface area contributed by atoms with Gasteiger partial charge >= 0.3 is 5.97 Å². The third-order valence-corrected chi connectivity index (χ3v) is 2.19. The minimum absolute atomic E-state index is 0.345. The van der Waals surface area contributed by atoms with Gasteiger partial charge in [-0.2, -0.15) is 12.6 Å². The maximum atomic E-state index is 10.6. The van der Waals surface area contributed by atoms with Crippen molar-refractivity contribution in [1.82, 2.24) is 0 Å². The molecule has 0 spiro atoms. The number of rotatable bonds is 6. The molecule has 0 N–H and O–H groups in total. The lowest BCUT2D eigenvalue weighted by Gasteiger charge is -2.06. The van der Waals surface area contributed by atoms with Gasteiger partial charge in [-0.05, 0) is 19.3 Å². The SMILES string of the molecule is C=CC(=O)OCCCC(S)CC. The molecule has 0 fully saturated rings. The van der Waals surface area contributed by atoms with Crippen LogP contribution in [0.2, 0.25) is 0 Å². The van der Waals surface area contributed by atoms with Crippen LogP contribution >= 0.6 is 12.6 Å². The van der Waals surface area contributed by atoms with E-state index in [0.29, 0.717) is 11.9 Å². The van der Waals surface area contributed by atoms with Gasteiger partial charge in [-0.3, -0.25) is 0 Å². The van der Waals surface area contributed by atoms with Crippen molar-refractivity contribution < 1.29 is 9.53 Å². The standard InChI is InChI=1S/C9H16O2S/c1-3-8(12)6-5-7-11-9(10)4-2/h4,8,12H,2-3,5-7H2,1H3. The fraction of sp³-hybridized carbons (Fsp3) is 0.667. The van der Waals surface area contributed by atoms with Gasteiger partial charge in [0.2, 0.25) is 0 Å². The summed E-state index contributed by atoms with van der Waals surface area (Å²) in [7, 11) is 0. The molecule has 3 heteroatoms. The highest BCUT2D eigenvalue weighted by molar-refractivity contribution is 7.80. The highest BCUT2D eigenvalue weighted by Gasteiger charge is 2.00. The molecule has 0 rings (SSSR count). The van der Waals surface area contributed by atoms with E-state index in [4.69, 9.17) is 4.74 Å². The molecule has 1 atom stereocenters. The van der Waals surface area contributed by atoms with Crippen LogP contribution in [0.1, 0.15) is 26.2 Å². The Morgan fingerprint density at radius 1 is 1.75 bits per heavy atom. The van der Waals surface area contributed by atoms with Crippen molar-refractivity contribution in [3.05, 3.63) is 12.7 Å². The van der Waals surface area contributed by atoms with Gasteiger partial charge in [-0.15, -0.1) is 0 Å². The Morgan fingerprint density at radius 2 is 2.42 bits per heavy atom. The van der Waals surface area contributed by atoms with Crippen molar-refractivity contribution in [2.75, 3.05) is 6.61 Å². The Kier molecular flexibility index (Phi) is 6.96. The van der Waals surface area contributed by atoms with E-state index in [2.05, 4.69) is 26.1 Å². The summed E-state index contributed by atoms with van der Waals surface area (Å²) in [6.45, 7) is 5.87. The Labute approximate surface area is 79.4 Å². The molecule has 12 heavy (non-hydrogen) atoms. The first-order valence-electron chi connectivity index (χ1n) is 4.18. The summed E-state index contributed by atoms with van der Waals surface area (Å²) in [6.07, 6.45) is 4.10. The molecule has 0 aliphatic carbocycles. The van der Waals surface area contributed by atoms with Crippen LogP contribution in [0.3, 0.4) is 0 Å². The Morgan fingerprint density at radius 3 is 2.92 bits per heavy atom. The maximum absolute atomic E-state index is 10.6. The molecule has 2 nitrogen and oxygen atoms in total. The van der Waals surface area contributed by atoms with E-state index in [-0.39, 0.29) is 5.97 Å². The van der Waals surface area contributed by atoms with Crippen molar-refractivity contribution in [2.24, 2.45) is 0 Å². The first-order valence-corrected chi connectivity index (χ1v) is 4.69. The molecule has 0 aliphatic rings. The van der Waals surface area contributed by atoms with Crippen molar-refractivity contribution in [3.63, 3.8) is 0 Å². The van der Waals surface area contributed by atoms with Crippen LogP contribution in [0.25, 0.3) is 0 Å². The summed E-state index contributed by atoms with van der Waals surface area (Å²) in [5.74, 6) is -0.345. The molecule has 0 bridgehead atoms. The zero-order valence-corrected chi connectivity index (χ0v) is 8.35. The molecule has 0 radical (unpaired) electrons. The van der Waals surface area contributed by atoms with Gasteiger partial charge in [0.05, 0.1) is 6.61 Å². The van der Waals surface area contributed by atoms with Gasteiger partial charge in [0.1, 0.15) is 0 Å². The van der Waals surface area contributed by atoms with Crippen LogP contribution in [-0.2, 0) is 9.53 Å². The van der Waals surface area contributed by atoms with Gasteiger partial charge in [0.25, 0.3) is 0 Å². The lowest BCUT2D eigenvalue weighted by atomic mass is 10.2. The topological polar surface area (TPSA) is 26.3 Å². The van der Waals surface area contributed by atoms with Crippen molar-refractivity contribution in [2.45, 2.75) is 31.4 Å². The second kappa shape index (κ2) is 7.22. The molecule has 0 saturated carbocycles. The number of thiol groups is 1. The first kappa shape index (κ1) is 11.6. The second-order valence-electron chi connectivity index (χ2n) is 2.58. The maximum Gasteiger partial charge on any atom is 0.330 e. The Bertz CT molecular complexity index is 145. The molecule has 0 heterocycles. The van der Waals surface area contributed by atoms with E-state index in [1.807, 2.05) is 0 Å². The Balaban J connectivity index is 3.21. The number of hydrogen-bond donors (Lipinski definition) is 1. The minimum atomic E-state index is -0.345. The highest BCUT2D eigenvalue weighted by Crippen LogP contribution is 2.08. The smallest absolute Gasteiger partial charge is 0.330 e. The van der Waals surface area contributed by atoms with E-state index in [1.54, 1.807) is 0 Å². The van der Waals surface area contributed by atoms with E-state index in [1.165, 1.54) is 6.08 Å². The van der Waals surface area contributed by atoms with Gasteiger partial charge in [0, 0.05) is 11.3 Å². The highest BCUT2D eigenvalue weighted by atomic mass is 32.1. The van der Waals surface area contributed by atoms with Gasteiger partial charge in [-0.25, -0.2) is 4.79 Å². The largest absolute Gasteiger partial charge is 0.463 e. The molecular weight excluding hydrogens is 172 g/mol. The zero-order valence-electron chi connectivity index (χ0n) is 7.45. The molecule has 0 aromatic carbocycles. The Hall–Kier alpha value is -0.440. The third kappa shape index (κ3) is 6.28. The van der Waals surface area contributed by atoms with Crippen LogP contribution in [0, 0.1) is 0 Å². The van der Waals surface area contributed by atoms with Crippen LogP contribution in [0.4, 0.5) is 0 Å². The van der Waals surface area contributed by atoms with Crippen LogP contribution < -0.4 is 0 Å². The number of esters is 1. The van der Waals surface area contributed by atoms with Gasteiger partial charge < -0.3 is 4.74 Å². The van der Waals surface area contributed by atoms with E-state index in [0.717, 1.165) is 19.3 Å². The monoisotopic (exact) mass is 188 g/mol. The fourth-order valence-corrected chi connectivity index (χ4v) is 0.937.